The van der Waals surface area contributed by atoms with Crippen LogP contribution in [0.1, 0.15) is 70.3 Å². The standard InChI is InChI=1S/C28H31NO4/c1-3-11-28(30)12-10-23-21-7-4-17-13-19(29-31)6-8-20(17)26(21)22(15-27(23,28)2)18-5-9-24-25(14-18)33-16-32-24/h5,9,13-14,21-23,30-31H,4,6-8,10,12,15-16H2,1-2H3/t21-,22?,23-,27-,28?/m0/s1. The van der Waals surface area contributed by atoms with Crippen molar-refractivity contribution in [2.45, 2.75) is 70.3 Å². The van der Waals surface area contributed by atoms with Gasteiger partial charge in [-0.1, -0.05) is 29.6 Å². The van der Waals surface area contributed by atoms with Crippen LogP contribution in [0.25, 0.3) is 0 Å². The molecular formula is C28H31NO4. The molecule has 2 N–H and O–H groups in total. The van der Waals surface area contributed by atoms with Crippen molar-refractivity contribution in [1.82, 2.24) is 0 Å². The molecule has 33 heavy (non-hydrogen) atoms. The highest BCUT2D eigenvalue weighted by Gasteiger charge is 2.62. The van der Waals surface area contributed by atoms with Gasteiger partial charge >= 0.3 is 0 Å². The lowest BCUT2D eigenvalue weighted by molar-refractivity contribution is -0.0513. The fourth-order valence-corrected chi connectivity index (χ4v) is 7.60. The summed E-state index contributed by atoms with van der Waals surface area (Å²) in [6, 6.07) is 6.34. The van der Waals surface area contributed by atoms with Gasteiger partial charge in [0.2, 0.25) is 6.79 Å². The molecule has 0 amide bonds. The van der Waals surface area contributed by atoms with Crippen LogP contribution in [0.3, 0.4) is 0 Å². The third-order valence-electron chi connectivity index (χ3n) is 9.16. The second kappa shape index (κ2) is 7.40. The number of ether oxygens (including phenoxy) is 2. The number of hydrogen-bond donors (Lipinski definition) is 2. The Balaban J connectivity index is 1.53. The van der Waals surface area contributed by atoms with Crippen molar-refractivity contribution in [1.29, 1.82) is 0 Å². The Bertz CT molecular complexity index is 1170. The number of oxime groups is 1. The van der Waals surface area contributed by atoms with E-state index in [9.17, 15) is 10.3 Å². The maximum absolute atomic E-state index is 11.8. The summed E-state index contributed by atoms with van der Waals surface area (Å²) in [6.45, 7) is 4.38. The first kappa shape index (κ1) is 20.9. The Labute approximate surface area is 195 Å². The fourth-order valence-electron chi connectivity index (χ4n) is 7.60. The summed E-state index contributed by atoms with van der Waals surface area (Å²) in [5.74, 6) is 8.92. The molecule has 1 aliphatic heterocycles. The normalized spacial score (nSPS) is 37.6. The molecule has 0 aromatic heterocycles. The molecule has 0 bridgehead atoms. The van der Waals surface area contributed by atoms with Gasteiger partial charge in [-0.25, -0.2) is 0 Å². The monoisotopic (exact) mass is 445 g/mol. The van der Waals surface area contributed by atoms with Crippen LogP contribution in [0.15, 0.2) is 46.2 Å². The maximum Gasteiger partial charge on any atom is 0.231 e. The highest BCUT2D eigenvalue weighted by molar-refractivity contribution is 5.97. The van der Waals surface area contributed by atoms with Gasteiger partial charge in [0.25, 0.3) is 0 Å². The van der Waals surface area contributed by atoms with Crippen LogP contribution in [0, 0.1) is 29.1 Å². The van der Waals surface area contributed by atoms with Crippen molar-refractivity contribution >= 4 is 5.71 Å². The zero-order chi connectivity index (χ0) is 22.8. The molecule has 5 atom stereocenters. The molecule has 1 aromatic rings. The van der Waals surface area contributed by atoms with Crippen LogP contribution in [0.4, 0.5) is 0 Å². The predicted molar refractivity (Wildman–Crippen MR) is 125 cm³/mol. The van der Waals surface area contributed by atoms with Crippen molar-refractivity contribution in [2.24, 2.45) is 22.4 Å². The summed E-state index contributed by atoms with van der Waals surface area (Å²) in [5.41, 5.74) is 5.13. The first-order valence-electron chi connectivity index (χ1n) is 12.2. The van der Waals surface area contributed by atoms with E-state index in [0.29, 0.717) is 11.8 Å². The molecule has 1 heterocycles. The fraction of sp³-hybridized carbons (Fsp3) is 0.536. The number of fused-ring (bicyclic) bond motifs is 5. The van der Waals surface area contributed by atoms with E-state index in [1.807, 2.05) is 13.0 Å². The Kier molecular flexibility index (Phi) is 4.68. The van der Waals surface area contributed by atoms with E-state index in [1.54, 1.807) is 5.57 Å². The number of allylic oxidation sites excluding steroid dienone is 4. The Morgan fingerprint density at radius 2 is 1.97 bits per heavy atom. The molecule has 5 aliphatic rings. The highest BCUT2D eigenvalue weighted by Crippen LogP contribution is 2.66. The summed E-state index contributed by atoms with van der Waals surface area (Å²) in [5, 5.41) is 24.6. The first-order valence-corrected chi connectivity index (χ1v) is 12.2. The van der Waals surface area contributed by atoms with Gasteiger partial charge in [0.1, 0.15) is 5.60 Å². The molecular weight excluding hydrogens is 414 g/mol. The molecule has 0 spiro atoms. The molecule has 0 saturated heterocycles. The number of aliphatic hydroxyl groups is 1. The zero-order valence-corrected chi connectivity index (χ0v) is 19.4. The number of nitrogens with zero attached hydrogens (tertiary/aromatic N) is 1. The van der Waals surface area contributed by atoms with E-state index >= 15 is 0 Å². The Morgan fingerprint density at radius 3 is 2.79 bits per heavy atom. The molecule has 1 aromatic carbocycles. The molecule has 2 fully saturated rings. The summed E-state index contributed by atoms with van der Waals surface area (Å²) in [6.07, 6.45) is 8.48. The lowest BCUT2D eigenvalue weighted by atomic mass is 9.51. The smallest absolute Gasteiger partial charge is 0.231 e. The van der Waals surface area contributed by atoms with Crippen molar-refractivity contribution in [3.63, 3.8) is 0 Å². The molecule has 4 aliphatic carbocycles. The van der Waals surface area contributed by atoms with Gasteiger partial charge in [-0.15, -0.1) is 5.92 Å². The average molecular weight is 446 g/mol. The zero-order valence-electron chi connectivity index (χ0n) is 19.4. The van der Waals surface area contributed by atoms with Gasteiger partial charge in [-0.2, -0.15) is 0 Å². The quantitative estimate of drug-likeness (QED) is 0.348. The third kappa shape index (κ3) is 2.93. The molecule has 5 nitrogen and oxygen atoms in total. The molecule has 6 rings (SSSR count). The summed E-state index contributed by atoms with van der Waals surface area (Å²) in [4.78, 5) is 0. The SMILES string of the molecule is CC#CC1(O)CC[C@H]2[C@@H]3CCC4=CC(=NO)CCC4=C3C(c3ccc4c(c3)OCO4)C[C@@]21C. The summed E-state index contributed by atoms with van der Waals surface area (Å²) in [7, 11) is 0. The molecule has 5 heteroatoms. The van der Waals surface area contributed by atoms with E-state index in [1.165, 1.54) is 16.7 Å². The van der Waals surface area contributed by atoms with Crippen LogP contribution in [0.2, 0.25) is 0 Å². The predicted octanol–water partition coefficient (Wildman–Crippen LogP) is 5.33. The van der Waals surface area contributed by atoms with Crippen molar-refractivity contribution in [3.8, 4) is 23.3 Å². The number of benzene rings is 1. The maximum atomic E-state index is 11.8. The summed E-state index contributed by atoms with van der Waals surface area (Å²) >= 11 is 0. The number of rotatable bonds is 1. The minimum atomic E-state index is -0.948. The average Bonchev–Trinajstić information content (AvgIpc) is 3.40. The minimum absolute atomic E-state index is 0.195. The van der Waals surface area contributed by atoms with Crippen LogP contribution >= 0.6 is 0 Å². The minimum Gasteiger partial charge on any atom is -0.454 e. The largest absolute Gasteiger partial charge is 0.454 e. The highest BCUT2D eigenvalue weighted by atomic mass is 16.7. The van der Waals surface area contributed by atoms with Crippen molar-refractivity contribution in [3.05, 3.63) is 46.6 Å². The van der Waals surface area contributed by atoms with E-state index in [4.69, 9.17) is 9.47 Å². The van der Waals surface area contributed by atoms with Gasteiger partial charge in [0.05, 0.1) is 5.71 Å². The second-order valence-corrected chi connectivity index (χ2v) is 10.5. The van der Waals surface area contributed by atoms with Crippen molar-refractivity contribution < 1.29 is 19.8 Å². The van der Waals surface area contributed by atoms with Crippen molar-refractivity contribution in [2.75, 3.05) is 6.79 Å². The van der Waals surface area contributed by atoms with Gasteiger partial charge in [0, 0.05) is 11.3 Å². The van der Waals surface area contributed by atoms with Gasteiger partial charge in [-0.05, 0) is 98.6 Å². The molecule has 172 valence electrons. The topological polar surface area (TPSA) is 71.3 Å². The lowest BCUT2D eigenvalue weighted by Gasteiger charge is -2.53. The van der Waals surface area contributed by atoms with Crippen LogP contribution in [-0.2, 0) is 0 Å². The van der Waals surface area contributed by atoms with Gasteiger partial charge in [-0.3, -0.25) is 0 Å². The number of hydrogen-bond acceptors (Lipinski definition) is 5. The Hall–Kier alpha value is -2.71. The molecule has 0 radical (unpaired) electrons. The summed E-state index contributed by atoms with van der Waals surface area (Å²) < 4.78 is 11.3. The Morgan fingerprint density at radius 1 is 1.12 bits per heavy atom. The van der Waals surface area contributed by atoms with E-state index in [0.717, 1.165) is 62.2 Å². The first-order chi connectivity index (χ1) is 16.0. The van der Waals surface area contributed by atoms with Crippen LogP contribution in [-0.4, -0.2) is 28.4 Å². The lowest BCUT2D eigenvalue weighted by Crippen LogP contribution is -2.51. The van der Waals surface area contributed by atoms with Gasteiger partial charge in [0.15, 0.2) is 11.5 Å². The van der Waals surface area contributed by atoms with E-state index in [-0.39, 0.29) is 18.1 Å². The van der Waals surface area contributed by atoms with E-state index < -0.39 is 5.60 Å². The van der Waals surface area contributed by atoms with Gasteiger partial charge < -0.3 is 19.8 Å². The molecule has 2 saturated carbocycles. The van der Waals surface area contributed by atoms with E-state index in [2.05, 4.69) is 42.1 Å². The molecule has 2 unspecified atom stereocenters. The van der Waals surface area contributed by atoms with Crippen LogP contribution < -0.4 is 9.47 Å². The second-order valence-electron chi connectivity index (χ2n) is 10.5. The third-order valence-corrected chi connectivity index (χ3v) is 9.16. The van der Waals surface area contributed by atoms with Crippen LogP contribution in [0.5, 0.6) is 11.5 Å².